The molecule has 0 fully saturated rings. The first kappa shape index (κ1) is 11.3. The van der Waals surface area contributed by atoms with Crippen LogP contribution in [0.1, 0.15) is 17.2 Å². The van der Waals surface area contributed by atoms with Crippen molar-refractivity contribution in [2.24, 2.45) is 0 Å². The van der Waals surface area contributed by atoms with Gasteiger partial charge >= 0.3 is 0 Å². The van der Waals surface area contributed by atoms with Crippen molar-refractivity contribution in [1.29, 1.82) is 0 Å². The zero-order chi connectivity index (χ0) is 11.9. The molecular formula is C12H13N3O2. The molecule has 5 heteroatoms. The summed E-state index contributed by atoms with van der Waals surface area (Å²) in [5, 5.41) is 8.02. The molecule has 1 heterocycles. The number of hydrogen-bond acceptors (Lipinski definition) is 4. The minimum absolute atomic E-state index is 0.323. The van der Waals surface area contributed by atoms with Crippen LogP contribution in [0.4, 0.5) is 0 Å². The number of rotatable bonds is 6. The molecule has 88 valence electrons. The zero-order valence-electron chi connectivity index (χ0n) is 9.30. The van der Waals surface area contributed by atoms with Crippen molar-refractivity contribution in [2.75, 3.05) is 6.61 Å². The van der Waals surface area contributed by atoms with Crippen molar-refractivity contribution in [3.63, 3.8) is 0 Å². The molecule has 17 heavy (non-hydrogen) atoms. The maximum absolute atomic E-state index is 9.97. The van der Waals surface area contributed by atoms with Gasteiger partial charge in [0.15, 0.2) is 0 Å². The third-order valence-electron chi connectivity index (χ3n) is 2.32. The average molecular weight is 231 g/mol. The Morgan fingerprint density at radius 2 is 1.94 bits per heavy atom. The Morgan fingerprint density at radius 3 is 2.71 bits per heavy atom. The van der Waals surface area contributed by atoms with Gasteiger partial charge in [-0.3, -0.25) is 4.79 Å². The van der Waals surface area contributed by atoms with E-state index in [1.165, 1.54) is 5.56 Å². The highest BCUT2D eigenvalue weighted by molar-refractivity contribution is 5.36. The lowest BCUT2D eigenvalue weighted by Crippen LogP contribution is -1.98. The normalized spacial score (nSPS) is 10.1. The van der Waals surface area contributed by atoms with Gasteiger partial charge in [-0.2, -0.15) is 0 Å². The number of carbonyl (C=O) groups excluding carboxylic acids is 1. The summed E-state index contributed by atoms with van der Waals surface area (Å²) >= 11 is 0. The number of nitrogens with zero attached hydrogens (tertiary/aromatic N) is 2. The Hall–Kier alpha value is -2.17. The van der Waals surface area contributed by atoms with Gasteiger partial charge in [0, 0.05) is 12.8 Å². The topological polar surface area (TPSA) is 67.9 Å². The van der Waals surface area contributed by atoms with E-state index in [4.69, 9.17) is 0 Å². The minimum Gasteiger partial charge on any atom is -0.467 e. The number of nitrogens with one attached hydrogen (secondary N) is 1. The average Bonchev–Trinajstić information content (AvgIpc) is 2.79. The lowest BCUT2D eigenvalue weighted by atomic mass is 10.1. The number of ether oxygens (including phenoxy) is 1. The predicted octanol–water partition coefficient (Wildman–Crippen LogP) is 1.11. The summed E-state index contributed by atoms with van der Waals surface area (Å²) in [4.78, 5) is 13.1. The summed E-state index contributed by atoms with van der Waals surface area (Å²) < 4.78 is 4.60. The minimum atomic E-state index is 0.323. The first-order chi connectivity index (χ1) is 8.38. The fraction of sp³-hybridized carbons (Fsp3) is 0.250. The molecule has 2 rings (SSSR count). The summed E-state index contributed by atoms with van der Waals surface area (Å²) in [6.45, 7) is 0.755. The van der Waals surface area contributed by atoms with Gasteiger partial charge in [0.05, 0.1) is 6.61 Å². The van der Waals surface area contributed by atoms with Crippen LogP contribution >= 0.6 is 0 Å². The number of carbonyl (C=O) groups is 1. The standard InChI is InChI=1S/C12H13N3O2/c16-9-17-7-6-11-13-12(15-14-11)8-10-4-2-1-3-5-10/h1-5,9H,6-8H2,(H,13,14,15). The van der Waals surface area contributed by atoms with Gasteiger partial charge in [0.1, 0.15) is 11.6 Å². The Morgan fingerprint density at radius 1 is 1.18 bits per heavy atom. The highest BCUT2D eigenvalue weighted by atomic mass is 16.5. The molecule has 2 aromatic rings. The highest BCUT2D eigenvalue weighted by Crippen LogP contribution is 2.05. The van der Waals surface area contributed by atoms with E-state index >= 15 is 0 Å². The first-order valence-electron chi connectivity index (χ1n) is 5.38. The molecule has 0 saturated carbocycles. The smallest absolute Gasteiger partial charge is 0.293 e. The van der Waals surface area contributed by atoms with Gasteiger partial charge in [-0.05, 0) is 5.56 Å². The Balaban J connectivity index is 1.92. The van der Waals surface area contributed by atoms with Gasteiger partial charge in [-0.25, -0.2) is 0 Å². The second-order valence-corrected chi connectivity index (χ2v) is 3.60. The first-order valence-corrected chi connectivity index (χ1v) is 5.38. The van der Waals surface area contributed by atoms with E-state index in [-0.39, 0.29) is 0 Å². The molecule has 0 aliphatic carbocycles. The van der Waals surface area contributed by atoms with Crippen LogP contribution in [0.3, 0.4) is 0 Å². The van der Waals surface area contributed by atoms with Crippen molar-refractivity contribution < 1.29 is 9.53 Å². The van der Waals surface area contributed by atoms with Crippen molar-refractivity contribution >= 4 is 6.47 Å². The summed E-state index contributed by atoms with van der Waals surface area (Å²) in [7, 11) is 0. The van der Waals surface area contributed by atoms with Crippen LogP contribution in [0.25, 0.3) is 0 Å². The summed E-state index contributed by atoms with van der Waals surface area (Å²) in [6, 6.07) is 10.0. The molecule has 1 aromatic heterocycles. The Kier molecular flexibility index (Phi) is 3.85. The third-order valence-corrected chi connectivity index (χ3v) is 2.32. The van der Waals surface area contributed by atoms with Crippen LogP contribution in [-0.2, 0) is 22.4 Å². The van der Waals surface area contributed by atoms with Gasteiger partial charge in [-0.15, -0.1) is 10.2 Å². The predicted molar refractivity (Wildman–Crippen MR) is 61.4 cm³/mol. The Labute approximate surface area is 98.8 Å². The van der Waals surface area contributed by atoms with Gasteiger partial charge in [-0.1, -0.05) is 30.3 Å². The molecule has 0 aliphatic rings. The van der Waals surface area contributed by atoms with Crippen molar-refractivity contribution in [3.05, 3.63) is 47.5 Å². The van der Waals surface area contributed by atoms with Crippen LogP contribution in [0.2, 0.25) is 0 Å². The molecule has 1 aromatic carbocycles. The van der Waals surface area contributed by atoms with Crippen LogP contribution in [0.5, 0.6) is 0 Å². The van der Waals surface area contributed by atoms with E-state index in [9.17, 15) is 4.79 Å². The molecule has 0 bridgehead atoms. The molecule has 0 spiro atoms. The fourth-order valence-corrected chi connectivity index (χ4v) is 1.52. The molecule has 1 N–H and O–H groups in total. The molecule has 0 radical (unpaired) electrons. The van der Waals surface area contributed by atoms with Crippen molar-refractivity contribution in [2.45, 2.75) is 12.8 Å². The van der Waals surface area contributed by atoms with Gasteiger partial charge in [0.25, 0.3) is 6.47 Å². The van der Waals surface area contributed by atoms with E-state index in [0.717, 1.165) is 18.1 Å². The molecule has 0 saturated heterocycles. The quantitative estimate of drug-likeness (QED) is 0.597. The largest absolute Gasteiger partial charge is 0.467 e. The second-order valence-electron chi connectivity index (χ2n) is 3.60. The van der Waals surface area contributed by atoms with Gasteiger partial charge < -0.3 is 9.72 Å². The SMILES string of the molecule is O=COCCc1nnc(Cc2ccccc2)[nH]1. The van der Waals surface area contributed by atoms with E-state index in [0.29, 0.717) is 19.5 Å². The van der Waals surface area contributed by atoms with E-state index < -0.39 is 0 Å². The highest BCUT2D eigenvalue weighted by Gasteiger charge is 2.03. The number of H-pyrrole nitrogens is 1. The summed E-state index contributed by atoms with van der Waals surface area (Å²) in [5.74, 6) is 1.55. The second kappa shape index (κ2) is 5.79. The number of aromatic amines is 1. The van der Waals surface area contributed by atoms with Crippen LogP contribution in [0.15, 0.2) is 30.3 Å². The van der Waals surface area contributed by atoms with Gasteiger partial charge in [0.2, 0.25) is 0 Å². The maximum Gasteiger partial charge on any atom is 0.293 e. The van der Waals surface area contributed by atoms with Crippen LogP contribution in [0, 0.1) is 0 Å². The van der Waals surface area contributed by atoms with Crippen molar-refractivity contribution in [1.82, 2.24) is 15.2 Å². The zero-order valence-corrected chi connectivity index (χ0v) is 9.30. The van der Waals surface area contributed by atoms with Crippen LogP contribution in [-0.4, -0.2) is 28.3 Å². The Bertz CT molecular complexity index is 468. The monoisotopic (exact) mass is 231 g/mol. The lowest BCUT2D eigenvalue weighted by Gasteiger charge is -1.96. The molecule has 0 aliphatic heterocycles. The molecular weight excluding hydrogens is 218 g/mol. The van der Waals surface area contributed by atoms with E-state index in [1.807, 2.05) is 30.3 Å². The van der Waals surface area contributed by atoms with Crippen LogP contribution < -0.4 is 0 Å². The number of hydrogen-bond donors (Lipinski definition) is 1. The molecule has 5 nitrogen and oxygen atoms in total. The maximum atomic E-state index is 9.97. The number of aromatic nitrogens is 3. The molecule has 0 atom stereocenters. The summed E-state index contributed by atoms with van der Waals surface area (Å²) in [6.07, 6.45) is 1.28. The lowest BCUT2D eigenvalue weighted by molar-refractivity contribution is -0.128. The number of benzene rings is 1. The fourth-order valence-electron chi connectivity index (χ4n) is 1.52. The molecule has 0 unspecified atom stereocenters. The van der Waals surface area contributed by atoms with E-state index in [1.54, 1.807) is 0 Å². The van der Waals surface area contributed by atoms with E-state index in [2.05, 4.69) is 19.9 Å². The molecule has 0 amide bonds. The summed E-state index contributed by atoms with van der Waals surface area (Å²) in [5.41, 5.74) is 1.18. The third kappa shape index (κ3) is 3.41. The van der Waals surface area contributed by atoms with Crippen molar-refractivity contribution in [3.8, 4) is 0 Å².